The first kappa shape index (κ1) is 24.3. The molecular formula is C24H26F2N6O3. The van der Waals surface area contributed by atoms with Gasteiger partial charge in [-0.25, -0.2) is 13.6 Å². The first-order chi connectivity index (χ1) is 16.9. The molecule has 9 nitrogen and oxygen atoms in total. The molecule has 1 atom stereocenters. The van der Waals surface area contributed by atoms with Gasteiger partial charge >= 0.3 is 6.09 Å². The van der Waals surface area contributed by atoms with Crippen LogP contribution in [-0.4, -0.2) is 59.7 Å². The highest BCUT2D eigenvalue weighted by Crippen LogP contribution is 2.32. The van der Waals surface area contributed by atoms with Crippen LogP contribution >= 0.6 is 0 Å². The lowest BCUT2D eigenvalue weighted by Gasteiger charge is -2.15. The van der Waals surface area contributed by atoms with Crippen molar-refractivity contribution in [2.45, 2.75) is 25.9 Å². The number of H-pyrrole nitrogens is 1. The van der Waals surface area contributed by atoms with Crippen LogP contribution in [0.5, 0.6) is 0 Å². The Morgan fingerprint density at radius 2 is 1.89 bits per heavy atom. The molecule has 3 aromatic rings. The van der Waals surface area contributed by atoms with E-state index in [1.54, 1.807) is 18.3 Å². The first-order valence-corrected chi connectivity index (χ1v) is 11.3. The quantitative estimate of drug-likeness (QED) is 0.382. The van der Waals surface area contributed by atoms with Crippen molar-refractivity contribution in [3.8, 4) is 11.1 Å². The van der Waals surface area contributed by atoms with Crippen molar-refractivity contribution in [3.05, 3.63) is 65.5 Å². The third-order valence-corrected chi connectivity index (χ3v) is 5.65. The monoisotopic (exact) mass is 484 g/mol. The van der Waals surface area contributed by atoms with Crippen LogP contribution in [0.4, 0.5) is 19.3 Å². The van der Waals surface area contributed by atoms with Crippen LogP contribution in [0, 0.1) is 11.6 Å². The van der Waals surface area contributed by atoms with E-state index in [9.17, 15) is 18.4 Å². The van der Waals surface area contributed by atoms with Crippen LogP contribution in [-0.2, 0) is 22.4 Å². The molecule has 0 spiro atoms. The summed E-state index contributed by atoms with van der Waals surface area (Å²) in [4.78, 5) is 24.4. The van der Waals surface area contributed by atoms with Gasteiger partial charge in [0.05, 0.1) is 36.2 Å². The van der Waals surface area contributed by atoms with Gasteiger partial charge in [0.1, 0.15) is 17.7 Å². The SMILES string of the molecule is CC(=O)NC[C@H]1CN(c2cc(F)c(-c3ccc(CCNCCc4cn[nH]n4)cc3)c(F)c2)C(=O)O1. The summed E-state index contributed by atoms with van der Waals surface area (Å²) >= 11 is 0. The molecule has 0 saturated carbocycles. The highest BCUT2D eigenvalue weighted by Gasteiger charge is 2.33. The summed E-state index contributed by atoms with van der Waals surface area (Å²) in [6.07, 6.45) is 1.91. The number of hydrogen-bond acceptors (Lipinski definition) is 6. The predicted molar refractivity (Wildman–Crippen MR) is 125 cm³/mol. The number of carbonyl (C=O) groups excluding carboxylic acids is 2. The number of aromatic amines is 1. The highest BCUT2D eigenvalue weighted by atomic mass is 19.1. The van der Waals surface area contributed by atoms with Crippen LogP contribution in [0.3, 0.4) is 0 Å². The van der Waals surface area contributed by atoms with E-state index in [0.717, 1.165) is 54.2 Å². The maximum atomic E-state index is 14.9. The minimum Gasteiger partial charge on any atom is -0.442 e. The van der Waals surface area contributed by atoms with Gasteiger partial charge in [-0.15, -0.1) is 0 Å². The zero-order valence-electron chi connectivity index (χ0n) is 19.2. The van der Waals surface area contributed by atoms with Gasteiger partial charge < -0.3 is 15.4 Å². The number of cyclic esters (lactones) is 1. The molecule has 1 saturated heterocycles. The Kier molecular flexibility index (Phi) is 7.66. The van der Waals surface area contributed by atoms with Crippen LogP contribution in [0.2, 0.25) is 0 Å². The van der Waals surface area contributed by atoms with E-state index >= 15 is 0 Å². The van der Waals surface area contributed by atoms with Crippen LogP contribution in [0.15, 0.2) is 42.6 Å². The normalized spacial score (nSPS) is 15.3. The Morgan fingerprint density at radius 3 is 2.54 bits per heavy atom. The second kappa shape index (κ2) is 11.0. The molecule has 3 N–H and O–H groups in total. The summed E-state index contributed by atoms with van der Waals surface area (Å²) in [5.41, 5.74) is 2.23. The van der Waals surface area contributed by atoms with Gasteiger partial charge in [-0.2, -0.15) is 15.4 Å². The largest absolute Gasteiger partial charge is 0.442 e. The van der Waals surface area contributed by atoms with Crippen molar-refractivity contribution in [2.75, 3.05) is 31.1 Å². The van der Waals surface area contributed by atoms with Crippen molar-refractivity contribution in [2.24, 2.45) is 0 Å². The van der Waals surface area contributed by atoms with Gasteiger partial charge in [0.2, 0.25) is 5.91 Å². The summed E-state index contributed by atoms with van der Waals surface area (Å²) in [5.74, 6) is -1.81. The Morgan fingerprint density at radius 1 is 1.17 bits per heavy atom. The Bertz CT molecular complexity index is 1150. The van der Waals surface area contributed by atoms with Crippen molar-refractivity contribution in [3.63, 3.8) is 0 Å². The fourth-order valence-corrected chi connectivity index (χ4v) is 3.85. The summed E-state index contributed by atoms with van der Waals surface area (Å²) < 4.78 is 35.0. The zero-order valence-corrected chi connectivity index (χ0v) is 19.2. The van der Waals surface area contributed by atoms with Crippen molar-refractivity contribution < 1.29 is 23.1 Å². The molecule has 4 rings (SSSR count). The number of rotatable bonds is 10. The van der Waals surface area contributed by atoms with Crippen LogP contribution in [0.1, 0.15) is 18.2 Å². The molecule has 11 heteroatoms. The molecular weight excluding hydrogens is 458 g/mol. The molecule has 35 heavy (non-hydrogen) atoms. The first-order valence-electron chi connectivity index (χ1n) is 11.3. The van der Waals surface area contributed by atoms with E-state index < -0.39 is 23.8 Å². The number of carbonyl (C=O) groups is 2. The maximum Gasteiger partial charge on any atom is 0.414 e. The molecule has 2 aromatic carbocycles. The van der Waals surface area contributed by atoms with Gasteiger partial charge in [0.25, 0.3) is 0 Å². The number of benzene rings is 2. The maximum absolute atomic E-state index is 14.9. The second-order valence-corrected chi connectivity index (χ2v) is 8.25. The molecule has 1 aromatic heterocycles. The summed E-state index contributed by atoms with van der Waals surface area (Å²) in [5, 5.41) is 16.2. The summed E-state index contributed by atoms with van der Waals surface area (Å²) in [6, 6.07) is 9.27. The molecule has 1 aliphatic heterocycles. The van der Waals surface area contributed by atoms with E-state index in [1.165, 1.54) is 6.92 Å². The topological polar surface area (TPSA) is 112 Å². The standard InChI is InChI=1S/C24H26F2N6O3/c1-15(33)28-13-20-14-32(24(34)35-20)19-10-21(25)23(22(26)11-19)17-4-2-16(3-5-17)6-8-27-9-7-18-12-29-31-30-18/h2-5,10-12,20,27H,6-9,13-14H2,1H3,(H,28,33)(H,29,30,31)/t20-/m0/s1. The van der Waals surface area contributed by atoms with Crippen molar-refractivity contribution in [1.29, 1.82) is 0 Å². The van der Waals surface area contributed by atoms with E-state index in [1.807, 2.05) is 12.1 Å². The third kappa shape index (κ3) is 6.18. The smallest absolute Gasteiger partial charge is 0.414 e. The predicted octanol–water partition coefficient (Wildman–Crippen LogP) is 2.59. The average Bonchev–Trinajstić information content (AvgIpc) is 3.47. The van der Waals surface area contributed by atoms with E-state index in [2.05, 4.69) is 26.0 Å². The number of ether oxygens (including phenoxy) is 1. The number of amides is 2. The van der Waals surface area contributed by atoms with Gasteiger partial charge in [-0.3, -0.25) is 9.69 Å². The zero-order chi connectivity index (χ0) is 24.8. The fraction of sp³-hybridized carbons (Fsp3) is 0.333. The Balaban J connectivity index is 1.35. The molecule has 0 unspecified atom stereocenters. The van der Waals surface area contributed by atoms with Crippen LogP contribution in [0.25, 0.3) is 11.1 Å². The van der Waals surface area contributed by atoms with Gasteiger partial charge in [-0.05, 0) is 36.2 Å². The van der Waals surface area contributed by atoms with Crippen LogP contribution < -0.4 is 15.5 Å². The molecule has 2 heterocycles. The van der Waals surface area contributed by atoms with Crippen molar-refractivity contribution >= 4 is 17.7 Å². The summed E-state index contributed by atoms with van der Waals surface area (Å²) in [7, 11) is 0. The third-order valence-electron chi connectivity index (χ3n) is 5.65. The minimum absolute atomic E-state index is 0.0624. The molecule has 2 amide bonds. The van der Waals surface area contributed by atoms with Gasteiger partial charge in [0.15, 0.2) is 0 Å². The lowest BCUT2D eigenvalue weighted by molar-refractivity contribution is -0.119. The lowest BCUT2D eigenvalue weighted by Crippen LogP contribution is -2.33. The number of hydrogen-bond donors (Lipinski definition) is 3. The Labute approximate surface area is 200 Å². The molecule has 184 valence electrons. The number of anilines is 1. The van der Waals surface area contributed by atoms with Gasteiger partial charge in [-0.1, -0.05) is 24.3 Å². The number of nitrogens with zero attached hydrogens (tertiary/aromatic N) is 3. The van der Waals surface area contributed by atoms with Gasteiger partial charge in [0, 0.05) is 19.9 Å². The number of halogens is 2. The van der Waals surface area contributed by atoms with E-state index in [0.29, 0.717) is 5.56 Å². The molecule has 0 radical (unpaired) electrons. The lowest BCUT2D eigenvalue weighted by atomic mass is 10.0. The Hall–Kier alpha value is -3.86. The molecule has 0 bridgehead atoms. The minimum atomic E-state index is -0.777. The summed E-state index contributed by atoms with van der Waals surface area (Å²) in [6.45, 7) is 3.09. The average molecular weight is 485 g/mol. The molecule has 1 fully saturated rings. The van der Waals surface area contributed by atoms with E-state index in [4.69, 9.17) is 4.74 Å². The molecule has 0 aliphatic carbocycles. The van der Waals surface area contributed by atoms with E-state index in [-0.39, 0.29) is 30.2 Å². The second-order valence-electron chi connectivity index (χ2n) is 8.25. The number of aromatic nitrogens is 3. The number of nitrogens with one attached hydrogen (secondary N) is 3. The highest BCUT2D eigenvalue weighted by molar-refractivity contribution is 5.90. The molecule has 1 aliphatic rings. The fourth-order valence-electron chi connectivity index (χ4n) is 3.85. The van der Waals surface area contributed by atoms with Crippen molar-refractivity contribution in [1.82, 2.24) is 26.0 Å².